The van der Waals surface area contributed by atoms with Crippen LogP contribution in [0, 0.1) is 0 Å². The number of Topliss-reactive ketones (excluding diaryl/α,β-unsaturated/α-hetero) is 1. The normalized spacial score (nSPS) is 11.7. The van der Waals surface area contributed by atoms with E-state index in [-0.39, 0.29) is 17.0 Å². The molecule has 0 aliphatic heterocycles. The summed E-state index contributed by atoms with van der Waals surface area (Å²) in [7, 11) is 0. The Balaban J connectivity index is 2.48. The van der Waals surface area contributed by atoms with Gasteiger partial charge < -0.3 is 0 Å². The van der Waals surface area contributed by atoms with Crippen LogP contribution >= 0.6 is 0 Å². The van der Waals surface area contributed by atoms with Crippen LogP contribution in [-0.2, 0) is 5.92 Å². The minimum absolute atomic E-state index is 0.0241. The summed E-state index contributed by atoms with van der Waals surface area (Å²) in [6.45, 7) is 3.67. The molecule has 0 heterocycles. The summed E-state index contributed by atoms with van der Waals surface area (Å²) < 4.78 is 29.0. The minimum atomic E-state index is -3.51. The summed E-state index contributed by atoms with van der Waals surface area (Å²) in [6.07, 6.45) is 0. The molecule has 104 valence electrons. The third kappa shape index (κ3) is 2.62. The predicted octanol–water partition coefficient (Wildman–Crippen LogP) is 4.78. The number of halogens is 2. The third-order valence-corrected chi connectivity index (χ3v) is 3.24. The Labute approximate surface area is 117 Å². The van der Waals surface area contributed by atoms with Gasteiger partial charge in [-0.3, -0.25) is 4.79 Å². The topological polar surface area (TPSA) is 17.1 Å². The van der Waals surface area contributed by atoms with Gasteiger partial charge in [-0.1, -0.05) is 68.4 Å². The van der Waals surface area contributed by atoms with E-state index >= 15 is 0 Å². The van der Waals surface area contributed by atoms with Crippen molar-refractivity contribution in [3.63, 3.8) is 0 Å². The minimum Gasteiger partial charge on any atom is -0.287 e. The van der Waals surface area contributed by atoms with Crippen LogP contribution in [0.25, 0.3) is 0 Å². The Bertz CT molecular complexity index is 603. The SMILES string of the molecule is CC(C)c1ccccc1C(F)(F)C(=O)c1ccccc1. The number of rotatable bonds is 4. The number of carbonyl (C=O) groups excluding carboxylic acids is 1. The molecule has 0 bridgehead atoms. The number of alkyl halides is 2. The van der Waals surface area contributed by atoms with Crippen molar-refractivity contribution in [2.45, 2.75) is 25.7 Å². The van der Waals surface area contributed by atoms with Crippen molar-refractivity contribution in [2.75, 3.05) is 0 Å². The zero-order valence-electron chi connectivity index (χ0n) is 11.4. The first-order valence-corrected chi connectivity index (χ1v) is 6.51. The van der Waals surface area contributed by atoms with Crippen LogP contribution in [0.5, 0.6) is 0 Å². The molecule has 0 atom stereocenters. The molecule has 0 spiro atoms. The van der Waals surface area contributed by atoms with E-state index in [1.807, 2.05) is 13.8 Å². The summed E-state index contributed by atoms with van der Waals surface area (Å²) >= 11 is 0. The number of carbonyl (C=O) groups is 1. The molecule has 0 aliphatic rings. The number of hydrogen-bond acceptors (Lipinski definition) is 1. The van der Waals surface area contributed by atoms with Gasteiger partial charge in [-0.15, -0.1) is 0 Å². The van der Waals surface area contributed by atoms with Crippen LogP contribution in [0.15, 0.2) is 54.6 Å². The van der Waals surface area contributed by atoms with E-state index in [0.717, 1.165) is 0 Å². The number of benzene rings is 2. The van der Waals surface area contributed by atoms with E-state index in [9.17, 15) is 13.6 Å². The molecule has 1 nitrogen and oxygen atoms in total. The Morgan fingerprint density at radius 1 is 0.950 bits per heavy atom. The van der Waals surface area contributed by atoms with Crippen molar-refractivity contribution in [1.82, 2.24) is 0 Å². The molecule has 0 N–H and O–H groups in total. The summed E-state index contributed by atoms with van der Waals surface area (Å²) in [6, 6.07) is 13.9. The fourth-order valence-electron chi connectivity index (χ4n) is 2.18. The van der Waals surface area contributed by atoms with Crippen molar-refractivity contribution in [2.24, 2.45) is 0 Å². The quantitative estimate of drug-likeness (QED) is 0.733. The Kier molecular flexibility index (Phi) is 3.98. The smallest absolute Gasteiger partial charge is 0.287 e. The van der Waals surface area contributed by atoms with Crippen molar-refractivity contribution in [3.8, 4) is 0 Å². The first kappa shape index (κ1) is 14.4. The standard InChI is InChI=1S/C17H16F2O/c1-12(2)14-10-6-7-11-15(14)17(18,19)16(20)13-8-4-3-5-9-13/h3-12H,1-2H3. The van der Waals surface area contributed by atoms with Gasteiger partial charge >= 0.3 is 5.92 Å². The lowest BCUT2D eigenvalue weighted by Gasteiger charge is -2.20. The van der Waals surface area contributed by atoms with Crippen LogP contribution in [0.1, 0.15) is 41.3 Å². The molecular formula is C17H16F2O. The highest BCUT2D eigenvalue weighted by atomic mass is 19.3. The van der Waals surface area contributed by atoms with E-state index in [2.05, 4.69) is 0 Å². The van der Waals surface area contributed by atoms with Gasteiger partial charge in [0, 0.05) is 11.1 Å². The molecule has 2 rings (SSSR count). The van der Waals surface area contributed by atoms with Crippen LogP contribution in [-0.4, -0.2) is 5.78 Å². The molecule has 0 amide bonds. The predicted molar refractivity (Wildman–Crippen MR) is 75.2 cm³/mol. The Hall–Kier alpha value is -2.03. The van der Waals surface area contributed by atoms with E-state index in [0.29, 0.717) is 5.56 Å². The van der Waals surface area contributed by atoms with Crippen molar-refractivity contribution < 1.29 is 13.6 Å². The largest absolute Gasteiger partial charge is 0.335 e. The molecule has 0 unspecified atom stereocenters. The van der Waals surface area contributed by atoms with Gasteiger partial charge in [-0.05, 0) is 11.5 Å². The molecule has 0 radical (unpaired) electrons. The van der Waals surface area contributed by atoms with Crippen LogP contribution in [0.4, 0.5) is 8.78 Å². The maximum atomic E-state index is 14.5. The third-order valence-electron chi connectivity index (χ3n) is 3.24. The summed E-state index contributed by atoms with van der Waals surface area (Å²) in [5, 5.41) is 0. The van der Waals surface area contributed by atoms with Gasteiger partial charge in [0.15, 0.2) is 0 Å². The van der Waals surface area contributed by atoms with E-state index in [1.165, 1.54) is 24.3 Å². The van der Waals surface area contributed by atoms with E-state index < -0.39 is 11.7 Å². The number of ketones is 1. The fraction of sp³-hybridized carbons (Fsp3) is 0.235. The first-order valence-electron chi connectivity index (χ1n) is 6.51. The van der Waals surface area contributed by atoms with Gasteiger partial charge in [-0.2, -0.15) is 8.78 Å². The summed E-state index contributed by atoms with van der Waals surface area (Å²) in [4.78, 5) is 12.1. The highest BCUT2D eigenvalue weighted by Gasteiger charge is 2.42. The highest BCUT2D eigenvalue weighted by Crippen LogP contribution is 2.36. The fourth-order valence-corrected chi connectivity index (χ4v) is 2.18. The molecule has 0 fully saturated rings. The second-order valence-electron chi connectivity index (χ2n) is 5.01. The maximum Gasteiger partial charge on any atom is 0.335 e. The summed E-state index contributed by atoms with van der Waals surface area (Å²) in [5.74, 6) is -4.74. The molecule has 20 heavy (non-hydrogen) atoms. The Morgan fingerprint density at radius 3 is 2.10 bits per heavy atom. The second-order valence-corrected chi connectivity index (χ2v) is 5.01. The monoisotopic (exact) mass is 274 g/mol. The van der Waals surface area contributed by atoms with Crippen LogP contribution in [0.2, 0.25) is 0 Å². The first-order chi connectivity index (χ1) is 9.44. The van der Waals surface area contributed by atoms with Gasteiger partial charge in [0.25, 0.3) is 0 Å². The van der Waals surface area contributed by atoms with E-state index in [1.54, 1.807) is 30.3 Å². The lowest BCUT2D eigenvalue weighted by Crippen LogP contribution is -2.27. The second kappa shape index (κ2) is 5.53. The molecule has 0 aliphatic carbocycles. The Morgan fingerprint density at radius 2 is 1.50 bits per heavy atom. The maximum absolute atomic E-state index is 14.5. The molecule has 3 heteroatoms. The molecular weight excluding hydrogens is 258 g/mol. The van der Waals surface area contributed by atoms with Gasteiger partial charge in [-0.25, -0.2) is 0 Å². The molecule has 2 aromatic rings. The lowest BCUT2D eigenvalue weighted by molar-refractivity contribution is 0.00675. The zero-order valence-corrected chi connectivity index (χ0v) is 11.4. The average molecular weight is 274 g/mol. The van der Waals surface area contributed by atoms with E-state index in [4.69, 9.17) is 0 Å². The molecule has 0 aromatic heterocycles. The highest BCUT2D eigenvalue weighted by molar-refractivity contribution is 6.02. The van der Waals surface area contributed by atoms with Crippen LogP contribution < -0.4 is 0 Å². The van der Waals surface area contributed by atoms with Crippen molar-refractivity contribution >= 4 is 5.78 Å². The molecule has 0 saturated heterocycles. The van der Waals surface area contributed by atoms with Gasteiger partial charge in [0.1, 0.15) is 0 Å². The zero-order chi connectivity index (χ0) is 14.8. The average Bonchev–Trinajstić information content (AvgIpc) is 2.47. The van der Waals surface area contributed by atoms with Crippen LogP contribution in [0.3, 0.4) is 0 Å². The number of hydrogen-bond donors (Lipinski definition) is 0. The van der Waals surface area contributed by atoms with Gasteiger partial charge in [0.05, 0.1) is 0 Å². The van der Waals surface area contributed by atoms with Crippen molar-refractivity contribution in [1.29, 1.82) is 0 Å². The molecule has 0 saturated carbocycles. The lowest BCUT2D eigenvalue weighted by atomic mass is 9.90. The summed E-state index contributed by atoms with van der Waals surface area (Å²) in [5.41, 5.74) is 0.321. The van der Waals surface area contributed by atoms with Gasteiger partial charge in [0.2, 0.25) is 5.78 Å². The van der Waals surface area contributed by atoms with Crippen molar-refractivity contribution in [3.05, 3.63) is 71.3 Å². The molecule has 2 aromatic carbocycles.